The van der Waals surface area contributed by atoms with Crippen molar-refractivity contribution in [3.63, 3.8) is 0 Å². The molecule has 0 bridgehead atoms. The van der Waals surface area contributed by atoms with Crippen LogP contribution in [-0.2, 0) is 12.8 Å². The number of aryl methyl sites for hydroxylation is 4. The van der Waals surface area contributed by atoms with E-state index in [4.69, 9.17) is 14.4 Å². The van der Waals surface area contributed by atoms with Crippen LogP contribution in [0.4, 0.5) is 0 Å². The summed E-state index contributed by atoms with van der Waals surface area (Å²) in [5.74, 6) is 0.765. The number of hydrogen-bond donors (Lipinski definition) is 0. The van der Waals surface area contributed by atoms with E-state index in [-0.39, 0.29) is 0 Å². The lowest BCUT2D eigenvalue weighted by atomic mass is 9.90. The zero-order valence-electron chi connectivity index (χ0n) is 38.2. The highest BCUT2D eigenvalue weighted by Crippen LogP contribution is 2.42. The van der Waals surface area contributed by atoms with Crippen LogP contribution >= 0.6 is 11.3 Å². The maximum absolute atomic E-state index is 6.31. The minimum Gasteiger partial charge on any atom is -0.456 e. The average Bonchev–Trinajstić information content (AvgIpc) is 3.86. The van der Waals surface area contributed by atoms with Gasteiger partial charge < -0.3 is 4.42 Å². The lowest BCUT2D eigenvalue weighted by Crippen LogP contribution is -2.01. The second kappa shape index (κ2) is 18.7. The number of para-hydroxylation sites is 1. The van der Waals surface area contributed by atoms with E-state index in [0.717, 1.165) is 63.1 Å². The Morgan fingerprint density at radius 2 is 1.12 bits per heavy atom. The third-order valence-corrected chi connectivity index (χ3v) is 14.8. The molecule has 0 aliphatic heterocycles. The molecular formula is C60H60N2OS. The molecule has 0 amide bonds. The van der Waals surface area contributed by atoms with Gasteiger partial charge in [0, 0.05) is 47.6 Å². The first-order chi connectivity index (χ1) is 31.4. The van der Waals surface area contributed by atoms with E-state index >= 15 is 0 Å². The minimum absolute atomic E-state index is 0.765. The second-order valence-electron chi connectivity index (χ2n) is 18.5. The first-order valence-electron chi connectivity index (χ1n) is 24.2. The molecule has 0 aliphatic rings. The molecule has 0 atom stereocenters. The number of thiophene rings is 1. The summed E-state index contributed by atoms with van der Waals surface area (Å²) in [5, 5.41) is 9.78. The quantitative estimate of drug-likeness (QED) is 0.0676. The number of nitrogens with zero attached hydrogens (tertiary/aromatic N) is 2. The largest absolute Gasteiger partial charge is 0.456 e. The zero-order valence-corrected chi connectivity index (χ0v) is 39.0. The molecule has 64 heavy (non-hydrogen) atoms. The van der Waals surface area contributed by atoms with E-state index in [9.17, 15) is 0 Å². The van der Waals surface area contributed by atoms with Crippen molar-refractivity contribution in [1.82, 2.24) is 9.97 Å². The second-order valence-corrected chi connectivity index (χ2v) is 19.5. The fraction of sp³-hybridized carbons (Fsp3) is 0.300. The van der Waals surface area contributed by atoms with Crippen molar-refractivity contribution in [2.45, 2.75) is 118 Å². The Morgan fingerprint density at radius 1 is 0.453 bits per heavy atom. The van der Waals surface area contributed by atoms with Gasteiger partial charge in [-0.15, -0.1) is 11.3 Å². The molecule has 0 saturated carbocycles. The van der Waals surface area contributed by atoms with Crippen LogP contribution in [0.2, 0.25) is 0 Å². The van der Waals surface area contributed by atoms with E-state index in [1.54, 1.807) is 0 Å². The summed E-state index contributed by atoms with van der Waals surface area (Å²) in [4.78, 5) is 11.0. The van der Waals surface area contributed by atoms with Gasteiger partial charge in [0.2, 0.25) is 0 Å². The predicted molar refractivity (Wildman–Crippen MR) is 277 cm³/mol. The van der Waals surface area contributed by atoms with Gasteiger partial charge in [0.05, 0.1) is 11.4 Å². The lowest BCUT2D eigenvalue weighted by Gasteiger charge is -2.17. The first-order valence-corrected chi connectivity index (χ1v) is 25.0. The van der Waals surface area contributed by atoms with Crippen LogP contribution < -0.4 is 0 Å². The van der Waals surface area contributed by atoms with Crippen LogP contribution in [0.1, 0.15) is 113 Å². The van der Waals surface area contributed by atoms with Crippen molar-refractivity contribution in [3.8, 4) is 33.9 Å². The molecule has 7 aromatic carbocycles. The molecule has 0 saturated heterocycles. The standard InChI is InChI=1S/C60H60N2OS/c1-5-7-9-11-13-15-19-41-34-50(44(30-40(41)4)20-16-14-12-10-8-6-2)55-37-54(45-26-25-43-31-47-29-39(3)23-24-42(47)32-48(43)33-45)61-60(62-55)46-27-28-58-52(35-46)53-36-51-49-21-17-18-22-56(49)63-57(51)38-59(53)64-58/h17-18,21-38H,5-16,19-20H2,1-4H3. The SMILES string of the molecule is CCCCCCCCc1cc(-c2cc(-c3ccc4cc5cc(C)ccc5cc4c3)nc(-c3ccc4sc5cc6oc7ccccc7c6cc5c4c3)n2)c(CCCCCCCC)cc1C. The Balaban J connectivity index is 1.11. The fourth-order valence-electron chi connectivity index (χ4n) is 9.99. The molecular weight excluding hydrogens is 797 g/mol. The van der Waals surface area contributed by atoms with Gasteiger partial charge >= 0.3 is 0 Å². The van der Waals surface area contributed by atoms with Gasteiger partial charge in [-0.1, -0.05) is 138 Å². The van der Waals surface area contributed by atoms with Crippen molar-refractivity contribution in [3.05, 3.63) is 144 Å². The molecule has 322 valence electrons. The van der Waals surface area contributed by atoms with Gasteiger partial charge in [-0.25, -0.2) is 9.97 Å². The molecule has 10 aromatic rings. The van der Waals surface area contributed by atoms with Gasteiger partial charge in [-0.2, -0.15) is 0 Å². The maximum Gasteiger partial charge on any atom is 0.160 e. The predicted octanol–water partition coefficient (Wildman–Crippen LogP) is 18.5. The highest BCUT2D eigenvalue weighted by molar-refractivity contribution is 7.25. The zero-order chi connectivity index (χ0) is 43.6. The Kier molecular flexibility index (Phi) is 12.3. The number of benzene rings is 7. The van der Waals surface area contributed by atoms with Gasteiger partial charge in [0.1, 0.15) is 11.2 Å². The van der Waals surface area contributed by atoms with E-state index < -0.39 is 0 Å². The first kappa shape index (κ1) is 42.1. The lowest BCUT2D eigenvalue weighted by molar-refractivity contribution is 0.605. The molecule has 0 fully saturated rings. The minimum atomic E-state index is 0.765. The van der Waals surface area contributed by atoms with Crippen molar-refractivity contribution in [2.75, 3.05) is 0 Å². The van der Waals surface area contributed by atoms with E-state index in [1.165, 1.54) is 147 Å². The van der Waals surface area contributed by atoms with Crippen LogP contribution in [0.25, 0.3) is 97.6 Å². The smallest absolute Gasteiger partial charge is 0.160 e. The van der Waals surface area contributed by atoms with E-state index in [2.05, 4.69) is 143 Å². The van der Waals surface area contributed by atoms with Crippen LogP contribution in [0.15, 0.2) is 126 Å². The Bertz CT molecular complexity index is 3300. The van der Waals surface area contributed by atoms with Crippen molar-refractivity contribution in [2.24, 2.45) is 0 Å². The highest BCUT2D eigenvalue weighted by Gasteiger charge is 2.18. The molecule has 0 spiro atoms. The monoisotopic (exact) mass is 856 g/mol. The Hall–Kier alpha value is -5.84. The topological polar surface area (TPSA) is 38.9 Å². The fourth-order valence-corrected chi connectivity index (χ4v) is 11.1. The summed E-state index contributed by atoms with van der Waals surface area (Å²) in [6.07, 6.45) is 17.6. The van der Waals surface area contributed by atoms with Gasteiger partial charge in [0.15, 0.2) is 5.82 Å². The molecule has 3 aromatic heterocycles. The van der Waals surface area contributed by atoms with Crippen LogP contribution in [0, 0.1) is 13.8 Å². The van der Waals surface area contributed by atoms with E-state index in [0.29, 0.717) is 0 Å². The molecule has 3 nitrogen and oxygen atoms in total. The number of rotatable bonds is 17. The number of unbranched alkanes of at least 4 members (excludes halogenated alkanes) is 10. The number of fused-ring (bicyclic) bond motifs is 8. The normalized spacial score (nSPS) is 12.0. The summed E-state index contributed by atoms with van der Waals surface area (Å²) < 4.78 is 8.79. The highest BCUT2D eigenvalue weighted by atomic mass is 32.1. The molecule has 4 heteroatoms. The number of furan rings is 1. The van der Waals surface area contributed by atoms with Crippen molar-refractivity contribution >= 4 is 75.0 Å². The molecule has 3 heterocycles. The Labute approximate surface area is 382 Å². The summed E-state index contributed by atoms with van der Waals surface area (Å²) in [7, 11) is 0. The van der Waals surface area contributed by atoms with Crippen molar-refractivity contribution in [1.29, 1.82) is 0 Å². The molecule has 0 N–H and O–H groups in total. The summed E-state index contributed by atoms with van der Waals surface area (Å²) in [5.41, 5.74) is 12.8. The van der Waals surface area contributed by atoms with Crippen molar-refractivity contribution < 1.29 is 4.42 Å². The molecule has 10 rings (SSSR count). The van der Waals surface area contributed by atoms with Crippen LogP contribution in [0.5, 0.6) is 0 Å². The van der Waals surface area contributed by atoms with Crippen LogP contribution in [0.3, 0.4) is 0 Å². The summed E-state index contributed by atoms with van der Waals surface area (Å²) >= 11 is 1.82. The van der Waals surface area contributed by atoms with E-state index in [1.807, 2.05) is 17.4 Å². The van der Waals surface area contributed by atoms with Crippen LogP contribution in [-0.4, -0.2) is 9.97 Å². The van der Waals surface area contributed by atoms with Gasteiger partial charge in [-0.05, 0) is 144 Å². The number of aromatic nitrogens is 2. The molecule has 0 unspecified atom stereocenters. The average molecular weight is 857 g/mol. The summed E-state index contributed by atoms with van der Waals surface area (Å²) in [6, 6.07) is 45.3. The maximum atomic E-state index is 6.31. The number of hydrogen-bond acceptors (Lipinski definition) is 4. The summed E-state index contributed by atoms with van der Waals surface area (Å²) in [6.45, 7) is 9.10. The third-order valence-electron chi connectivity index (χ3n) is 13.6. The Morgan fingerprint density at radius 3 is 1.92 bits per heavy atom. The third kappa shape index (κ3) is 8.70. The molecule has 0 radical (unpaired) electrons. The molecule has 0 aliphatic carbocycles. The van der Waals surface area contributed by atoms with Gasteiger partial charge in [-0.3, -0.25) is 0 Å². The van der Waals surface area contributed by atoms with Gasteiger partial charge in [0.25, 0.3) is 0 Å².